The number of nitrogen functional groups attached to an aromatic ring is 1. The number of hydrogen-bond acceptors (Lipinski definition) is 7. The predicted octanol–water partition coefficient (Wildman–Crippen LogP) is 1.80. The van der Waals surface area contributed by atoms with E-state index in [1.165, 1.54) is 11.3 Å². The molecule has 0 atom stereocenters. The van der Waals surface area contributed by atoms with Gasteiger partial charge in [-0.05, 0) is 0 Å². The number of nitrogens with two attached hydrogens (primary N) is 1. The van der Waals surface area contributed by atoms with Gasteiger partial charge in [-0.1, -0.05) is 11.3 Å². The Kier molecular flexibility index (Phi) is 3.49. The molecule has 0 radical (unpaired) electrons. The largest absolute Gasteiger partial charge is 0.383 e. The Balaban J connectivity index is 2.24. The molecule has 0 spiro atoms. The van der Waals surface area contributed by atoms with Gasteiger partial charge in [-0.25, -0.2) is 9.97 Å². The molecule has 1 aliphatic heterocycles. The average molecular weight is 301 g/mol. The third-order valence-corrected chi connectivity index (χ3v) is 4.56. The first kappa shape index (κ1) is 13.8. The van der Waals surface area contributed by atoms with Gasteiger partial charge in [0.2, 0.25) is 0 Å². The van der Waals surface area contributed by atoms with Gasteiger partial charge in [-0.15, -0.1) is 0 Å². The summed E-state index contributed by atoms with van der Waals surface area (Å²) in [6.45, 7) is 1.10. The zero-order chi connectivity index (χ0) is 15.0. The van der Waals surface area contributed by atoms with Crippen molar-refractivity contribution in [3.8, 4) is 16.5 Å². The molecule has 2 N–H and O–H groups in total. The molecule has 7 heteroatoms. The number of rotatable bonds is 2. The van der Waals surface area contributed by atoms with E-state index in [0.717, 1.165) is 33.3 Å². The molecule has 108 valence electrons. The lowest BCUT2D eigenvalue weighted by Crippen LogP contribution is -2.15. The summed E-state index contributed by atoms with van der Waals surface area (Å²) >= 11 is 1.53. The summed E-state index contributed by atoms with van der Waals surface area (Å²) in [5.74, 6) is 0.285. The first-order chi connectivity index (χ1) is 10.1. The molecular formula is C14H15N5OS. The van der Waals surface area contributed by atoms with Gasteiger partial charge in [-0.2, -0.15) is 5.26 Å². The highest BCUT2D eigenvalue weighted by Gasteiger charge is 2.23. The monoisotopic (exact) mass is 301 g/mol. The molecule has 0 fully saturated rings. The lowest BCUT2D eigenvalue weighted by atomic mass is 9.97. The van der Waals surface area contributed by atoms with E-state index in [9.17, 15) is 5.26 Å². The van der Waals surface area contributed by atoms with Crippen LogP contribution in [0.2, 0.25) is 0 Å². The third kappa shape index (κ3) is 2.33. The standard InChI is InChI=1S/C14H15N5OS/c1-19(2)14-17-6-11(21-14)12-8(5-15)13(16)18-10-3-4-20-7-9(10)12/h6H,3-4,7H2,1-2H3,(H2,16,18). The smallest absolute Gasteiger partial charge is 0.185 e. The Hall–Kier alpha value is -2.17. The molecule has 0 saturated heterocycles. The SMILES string of the molecule is CN(C)c1ncc(-c2c(C#N)c(N)nc3c2COCC3)s1. The number of hydrogen-bond donors (Lipinski definition) is 1. The van der Waals surface area contributed by atoms with Crippen molar-refractivity contribution in [3.05, 3.63) is 23.0 Å². The maximum atomic E-state index is 9.44. The van der Waals surface area contributed by atoms with Crippen LogP contribution in [0.15, 0.2) is 6.20 Å². The van der Waals surface area contributed by atoms with Crippen LogP contribution in [0.3, 0.4) is 0 Å². The molecule has 0 aromatic carbocycles. The molecule has 0 aliphatic carbocycles. The summed E-state index contributed by atoms with van der Waals surface area (Å²) in [4.78, 5) is 11.6. The fourth-order valence-corrected chi connectivity index (χ4v) is 3.29. The zero-order valence-electron chi connectivity index (χ0n) is 11.9. The van der Waals surface area contributed by atoms with Crippen LogP contribution in [0.1, 0.15) is 16.8 Å². The van der Waals surface area contributed by atoms with Gasteiger partial charge in [0, 0.05) is 37.8 Å². The molecule has 2 aromatic rings. The first-order valence-electron chi connectivity index (χ1n) is 6.54. The molecule has 0 unspecified atom stereocenters. The highest BCUT2D eigenvalue weighted by molar-refractivity contribution is 7.18. The number of ether oxygens (including phenoxy) is 1. The Bertz CT molecular complexity index is 732. The summed E-state index contributed by atoms with van der Waals surface area (Å²) in [6, 6.07) is 2.17. The van der Waals surface area contributed by atoms with Gasteiger partial charge < -0.3 is 15.4 Å². The highest BCUT2D eigenvalue weighted by Crippen LogP contribution is 2.38. The molecule has 0 bridgehead atoms. The van der Waals surface area contributed by atoms with Gasteiger partial charge in [0.25, 0.3) is 0 Å². The summed E-state index contributed by atoms with van der Waals surface area (Å²) in [5, 5.41) is 10.3. The van der Waals surface area contributed by atoms with Gasteiger partial charge in [0.05, 0.1) is 23.8 Å². The summed E-state index contributed by atoms with van der Waals surface area (Å²) < 4.78 is 5.54. The number of anilines is 2. The van der Waals surface area contributed by atoms with Crippen LogP contribution >= 0.6 is 11.3 Å². The third-order valence-electron chi connectivity index (χ3n) is 3.38. The minimum Gasteiger partial charge on any atom is -0.383 e. The Labute approximate surface area is 126 Å². The molecule has 0 amide bonds. The van der Waals surface area contributed by atoms with Crippen LogP contribution in [0, 0.1) is 11.3 Å². The van der Waals surface area contributed by atoms with Crippen molar-refractivity contribution in [1.82, 2.24) is 9.97 Å². The number of nitriles is 1. The van der Waals surface area contributed by atoms with Crippen LogP contribution in [-0.2, 0) is 17.8 Å². The van der Waals surface area contributed by atoms with Gasteiger partial charge in [0.1, 0.15) is 17.5 Å². The summed E-state index contributed by atoms with van der Waals surface area (Å²) in [7, 11) is 3.88. The van der Waals surface area contributed by atoms with Crippen LogP contribution in [0.4, 0.5) is 10.9 Å². The van der Waals surface area contributed by atoms with Crippen molar-refractivity contribution in [2.75, 3.05) is 31.3 Å². The molecule has 0 saturated carbocycles. The van der Waals surface area contributed by atoms with E-state index < -0.39 is 0 Å². The molecule has 1 aliphatic rings. The maximum Gasteiger partial charge on any atom is 0.185 e. The van der Waals surface area contributed by atoms with Crippen LogP contribution in [0.25, 0.3) is 10.4 Å². The van der Waals surface area contributed by atoms with E-state index in [1.807, 2.05) is 19.0 Å². The van der Waals surface area contributed by atoms with Crippen molar-refractivity contribution >= 4 is 22.3 Å². The van der Waals surface area contributed by atoms with E-state index in [-0.39, 0.29) is 5.82 Å². The van der Waals surface area contributed by atoms with E-state index in [1.54, 1.807) is 6.20 Å². The minimum absolute atomic E-state index is 0.285. The lowest BCUT2D eigenvalue weighted by molar-refractivity contribution is 0.109. The molecular weight excluding hydrogens is 286 g/mol. The van der Waals surface area contributed by atoms with Crippen molar-refractivity contribution < 1.29 is 4.74 Å². The number of aromatic nitrogens is 2. The van der Waals surface area contributed by atoms with Gasteiger partial charge in [-0.3, -0.25) is 0 Å². The second kappa shape index (κ2) is 5.31. The topological polar surface area (TPSA) is 88.1 Å². The number of fused-ring (bicyclic) bond motifs is 1. The van der Waals surface area contributed by atoms with Crippen LogP contribution in [0.5, 0.6) is 0 Å². The number of pyridine rings is 1. The predicted molar refractivity (Wildman–Crippen MR) is 82.2 cm³/mol. The van der Waals surface area contributed by atoms with Crippen molar-refractivity contribution in [1.29, 1.82) is 5.26 Å². The minimum atomic E-state index is 0.285. The number of nitrogens with zero attached hydrogens (tertiary/aromatic N) is 4. The quantitative estimate of drug-likeness (QED) is 0.910. The lowest BCUT2D eigenvalue weighted by Gasteiger charge is -2.20. The highest BCUT2D eigenvalue weighted by atomic mass is 32.1. The van der Waals surface area contributed by atoms with Crippen molar-refractivity contribution in [2.24, 2.45) is 0 Å². The zero-order valence-corrected chi connectivity index (χ0v) is 12.7. The Morgan fingerprint density at radius 3 is 2.95 bits per heavy atom. The first-order valence-corrected chi connectivity index (χ1v) is 7.36. The van der Waals surface area contributed by atoms with Crippen molar-refractivity contribution in [3.63, 3.8) is 0 Å². The van der Waals surface area contributed by atoms with E-state index in [2.05, 4.69) is 16.0 Å². The fraction of sp³-hybridized carbons (Fsp3) is 0.357. The van der Waals surface area contributed by atoms with Crippen LogP contribution < -0.4 is 10.6 Å². The molecule has 2 aromatic heterocycles. The van der Waals surface area contributed by atoms with E-state index >= 15 is 0 Å². The second-order valence-electron chi connectivity index (χ2n) is 4.99. The van der Waals surface area contributed by atoms with E-state index in [0.29, 0.717) is 18.8 Å². The molecule has 6 nitrogen and oxygen atoms in total. The molecule has 21 heavy (non-hydrogen) atoms. The summed E-state index contributed by atoms with van der Waals surface area (Å²) in [5.41, 5.74) is 9.08. The Morgan fingerprint density at radius 1 is 1.48 bits per heavy atom. The number of thiazole rings is 1. The maximum absolute atomic E-state index is 9.44. The average Bonchev–Trinajstić information content (AvgIpc) is 2.95. The van der Waals surface area contributed by atoms with Gasteiger partial charge in [0.15, 0.2) is 5.13 Å². The van der Waals surface area contributed by atoms with E-state index in [4.69, 9.17) is 10.5 Å². The summed E-state index contributed by atoms with van der Waals surface area (Å²) in [6.07, 6.45) is 2.50. The van der Waals surface area contributed by atoms with Crippen molar-refractivity contribution in [2.45, 2.75) is 13.0 Å². The normalized spacial score (nSPS) is 13.6. The molecule has 3 rings (SSSR count). The Morgan fingerprint density at radius 2 is 2.29 bits per heavy atom. The van der Waals surface area contributed by atoms with Gasteiger partial charge >= 0.3 is 0 Å². The fourth-order valence-electron chi connectivity index (χ4n) is 2.37. The molecule has 3 heterocycles. The second-order valence-corrected chi connectivity index (χ2v) is 6.00. The van der Waals surface area contributed by atoms with Crippen LogP contribution in [-0.4, -0.2) is 30.7 Å².